The SMILES string of the molecule is CS(C)=O.CS(C)=O.CS(C)=O.O=Cc1cc2ccccc2c(-c2c(O)ccc3ccccc23)c1O.O=Cc1cc2ccccc2c(-c2c(O)ccc3ccccc23)c1O.O=Cc1cc2ccccc2c(-c2c(O)ccc3ccccc23)c1O. The molecule has 0 aliphatic rings. The maximum atomic E-state index is 11.4. The van der Waals surface area contributed by atoms with E-state index < -0.39 is 32.4 Å². The number of benzene rings is 12. The molecule has 15 heteroatoms. The molecule has 0 amide bonds. The zero-order valence-corrected chi connectivity index (χ0v) is 49.1. The van der Waals surface area contributed by atoms with Crippen molar-refractivity contribution in [1.82, 2.24) is 0 Å². The Morgan fingerprint density at radius 3 is 0.643 bits per heavy atom. The predicted molar refractivity (Wildman–Crippen MR) is 347 cm³/mol. The van der Waals surface area contributed by atoms with Crippen LogP contribution in [-0.4, -0.2) is 99.7 Å². The molecule has 12 aromatic rings. The predicted octanol–water partition coefficient (Wildman–Crippen LogP) is 14.6. The Balaban J connectivity index is 0.000000165. The topological polar surface area (TPSA) is 224 Å². The average molecular weight is 1180 g/mol. The summed E-state index contributed by atoms with van der Waals surface area (Å²) in [5, 5.41) is 73.7. The number of phenolic OH excluding ortho intramolecular Hbond substituents is 6. The maximum Gasteiger partial charge on any atom is 0.153 e. The van der Waals surface area contributed by atoms with Gasteiger partial charge in [-0.25, -0.2) is 0 Å². The summed E-state index contributed by atoms with van der Waals surface area (Å²) in [5.41, 5.74) is 3.64. The highest BCUT2D eigenvalue weighted by Gasteiger charge is 2.22. The van der Waals surface area contributed by atoms with Crippen LogP contribution in [0.1, 0.15) is 31.1 Å². The quantitative estimate of drug-likeness (QED) is 0.0856. The van der Waals surface area contributed by atoms with Crippen molar-refractivity contribution in [1.29, 1.82) is 0 Å². The van der Waals surface area contributed by atoms with E-state index >= 15 is 0 Å². The molecule has 0 heterocycles. The van der Waals surface area contributed by atoms with E-state index in [2.05, 4.69) is 0 Å². The minimum atomic E-state index is -0.611. The first-order chi connectivity index (χ1) is 40.3. The number of carbonyl (C=O) groups excluding carboxylic acids is 3. The van der Waals surface area contributed by atoms with Gasteiger partial charge in [-0.2, -0.15) is 0 Å². The standard InChI is InChI=1S/3C21H14O3.3C2H6OS/c3*22-12-15-11-14-6-2-4-8-17(14)20(21(15)24)19-16-7-3-1-5-13(16)9-10-18(19)23;3*1-4(2)3/h3*1-12,23-24H;3*1-2H3. The van der Waals surface area contributed by atoms with E-state index in [1.807, 2.05) is 164 Å². The Morgan fingerprint density at radius 1 is 0.262 bits per heavy atom. The van der Waals surface area contributed by atoms with Crippen LogP contribution in [0, 0.1) is 0 Å². The second kappa shape index (κ2) is 28.4. The first kappa shape index (κ1) is 62.1. The average Bonchev–Trinajstić information content (AvgIpc) is 3.63. The first-order valence-corrected chi connectivity index (χ1v) is 31.7. The van der Waals surface area contributed by atoms with Crippen molar-refractivity contribution in [2.45, 2.75) is 0 Å². The molecule has 0 fully saturated rings. The minimum absolute atomic E-state index is 0.0669. The Labute approximate surface area is 492 Å². The van der Waals surface area contributed by atoms with Gasteiger partial charge in [0.2, 0.25) is 0 Å². The van der Waals surface area contributed by atoms with E-state index in [4.69, 9.17) is 0 Å². The van der Waals surface area contributed by atoms with Gasteiger partial charge < -0.3 is 30.6 Å². The molecule has 0 aromatic heterocycles. The summed E-state index contributed by atoms with van der Waals surface area (Å²) < 4.78 is 28.7. The van der Waals surface area contributed by atoms with Crippen LogP contribution in [0.4, 0.5) is 0 Å². The number of carbonyl (C=O) groups is 3. The third kappa shape index (κ3) is 14.2. The van der Waals surface area contributed by atoms with Gasteiger partial charge in [0.05, 0.1) is 16.7 Å². The van der Waals surface area contributed by atoms with Gasteiger partial charge in [-0.05, 0) is 101 Å². The number of phenols is 6. The Kier molecular flexibility index (Phi) is 21.0. The van der Waals surface area contributed by atoms with Crippen molar-refractivity contribution < 1.29 is 57.6 Å². The normalized spacial score (nSPS) is 10.7. The molecule has 0 bridgehead atoms. The van der Waals surface area contributed by atoms with Crippen molar-refractivity contribution in [3.63, 3.8) is 0 Å². The van der Waals surface area contributed by atoms with Crippen molar-refractivity contribution in [3.8, 4) is 67.9 Å². The lowest BCUT2D eigenvalue weighted by Crippen LogP contribution is -1.91. The Bertz CT molecular complexity index is 4040. The maximum absolute atomic E-state index is 11.4. The molecule has 0 saturated carbocycles. The Hall–Kier alpha value is -9.54. The number of rotatable bonds is 6. The summed E-state index contributed by atoms with van der Waals surface area (Å²) in [6, 6.07) is 60.7. The number of aromatic hydroxyl groups is 6. The summed E-state index contributed by atoms with van der Waals surface area (Å²) in [5.74, 6) is -0.146. The second-order valence-electron chi connectivity index (χ2n) is 19.4. The second-order valence-corrected chi connectivity index (χ2v) is 23.8. The van der Waals surface area contributed by atoms with Crippen molar-refractivity contribution in [3.05, 3.63) is 217 Å². The van der Waals surface area contributed by atoms with Crippen LogP contribution < -0.4 is 0 Å². The lowest BCUT2D eigenvalue weighted by molar-refractivity contribution is 0.111. The van der Waals surface area contributed by atoms with Crippen LogP contribution >= 0.6 is 0 Å². The zero-order chi connectivity index (χ0) is 60.8. The van der Waals surface area contributed by atoms with Crippen molar-refractivity contribution in [2.75, 3.05) is 37.5 Å². The molecule has 12 rings (SSSR count). The largest absolute Gasteiger partial charge is 0.507 e. The Morgan fingerprint density at radius 2 is 0.440 bits per heavy atom. The van der Waals surface area contributed by atoms with E-state index in [9.17, 15) is 57.6 Å². The summed E-state index contributed by atoms with van der Waals surface area (Å²) in [6.07, 6.45) is 11.7. The van der Waals surface area contributed by atoms with E-state index in [1.54, 1.807) is 73.9 Å². The lowest BCUT2D eigenvalue weighted by atomic mass is 9.90. The molecule has 12 nitrogen and oxygen atoms in total. The van der Waals surface area contributed by atoms with Gasteiger partial charge in [0.15, 0.2) is 18.9 Å². The monoisotopic (exact) mass is 1180 g/mol. The smallest absolute Gasteiger partial charge is 0.153 e. The molecule has 0 saturated heterocycles. The van der Waals surface area contributed by atoms with Gasteiger partial charge in [0, 0.05) is 103 Å². The molecular formula is C69H60O12S3. The van der Waals surface area contributed by atoms with Gasteiger partial charge in [0.1, 0.15) is 34.5 Å². The van der Waals surface area contributed by atoms with Crippen LogP contribution in [-0.2, 0) is 32.4 Å². The molecule has 0 atom stereocenters. The van der Waals surface area contributed by atoms with E-state index in [0.717, 1.165) is 64.6 Å². The van der Waals surface area contributed by atoms with Crippen LogP contribution in [0.2, 0.25) is 0 Å². The highest BCUT2D eigenvalue weighted by Crippen LogP contribution is 2.49. The highest BCUT2D eigenvalue weighted by atomic mass is 32.2. The fourth-order valence-electron chi connectivity index (χ4n) is 9.67. The number of hydrogen-bond acceptors (Lipinski definition) is 12. The molecule has 0 unspecified atom stereocenters. The first-order valence-electron chi connectivity index (χ1n) is 25.8. The fraction of sp³-hybridized carbons (Fsp3) is 0.0870. The molecule has 84 heavy (non-hydrogen) atoms. The minimum Gasteiger partial charge on any atom is -0.507 e. The van der Waals surface area contributed by atoms with Crippen molar-refractivity contribution >= 4 is 116 Å². The molecule has 0 radical (unpaired) electrons. The molecular weight excluding hydrogens is 1120 g/mol. The van der Waals surface area contributed by atoms with Crippen LogP contribution in [0.3, 0.4) is 0 Å². The number of fused-ring (bicyclic) bond motifs is 6. The number of aldehydes is 3. The highest BCUT2D eigenvalue weighted by molar-refractivity contribution is 7.83. The van der Waals surface area contributed by atoms with Gasteiger partial charge >= 0.3 is 0 Å². The molecule has 6 N–H and O–H groups in total. The van der Waals surface area contributed by atoms with Crippen LogP contribution in [0.25, 0.3) is 98.0 Å². The van der Waals surface area contributed by atoms with Gasteiger partial charge in [0.25, 0.3) is 0 Å². The molecule has 0 spiro atoms. The molecule has 12 aromatic carbocycles. The third-order valence-electron chi connectivity index (χ3n) is 13.0. The van der Waals surface area contributed by atoms with E-state index in [-0.39, 0.29) is 51.2 Å². The van der Waals surface area contributed by atoms with Gasteiger partial charge in [-0.15, -0.1) is 0 Å². The summed E-state index contributed by atoms with van der Waals surface area (Å²) in [6.45, 7) is 0. The molecule has 426 valence electrons. The fourth-order valence-corrected chi connectivity index (χ4v) is 9.67. The van der Waals surface area contributed by atoms with E-state index in [0.29, 0.717) is 52.2 Å². The number of hydrogen-bond donors (Lipinski definition) is 6. The summed E-state index contributed by atoms with van der Waals surface area (Å²) in [7, 11) is -1.83. The summed E-state index contributed by atoms with van der Waals surface area (Å²) in [4.78, 5) is 34.1. The van der Waals surface area contributed by atoms with Crippen LogP contribution in [0.15, 0.2) is 200 Å². The van der Waals surface area contributed by atoms with Crippen LogP contribution in [0.5, 0.6) is 34.5 Å². The lowest BCUT2D eigenvalue weighted by Gasteiger charge is -2.15. The molecule has 0 aliphatic heterocycles. The van der Waals surface area contributed by atoms with Crippen molar-refractivity contribution in [2.24, 2.45) is 0 Å². The van der Waals surface area contributed by atoms with Gasteiger partial charge in [-0.3, -0.25) is 27.0 Å². The summed E-state index contributed by atoms with van der Waals surface area (Å²) >= 11 is 0. The third-order valence-corrected chi connectivity index (χ3v) is 13.0. The molecule has 0 aliphatic carbocycles. The van der Waals surface area contributed by atoms with Gasteiger partial charge in [-0.1, -0.05) is 164 Å². The zero-order valence-electron chi connectivity index (χ0n) is 46.6. The van der Waals surface area contributed by atoms with E-state index in [1.165, 1.54) is 0 Å².